The molecule has 3 rings (SSSR count). The van der Waals surface area contributed by atoms with Crippen LogP contribution in [-0.2, 0) is 24.3 Å². The van der Waals surface area contributed by atoms with E-state index in [1.807, 2.05) is 0 Å². The molecule has 0 aromatic heterocycles. The van der Waals surface area contributed by atoms with E-state index in [4.69, 9.17) is 14.2 Å². The number of methoxy groups -OCH3 is 1. The number of hydrogen-bond donors (Lipinski definition) is 1. The number of hydrogen-bond acceptors (Lipinski definition) is 6. The average molecular weight is 413 g/mol. The predicted octanol–water partition coefficient (Wildman–Crippen LogP) is 2.00. The Kier molecular flexibility index (Phi) is 7.28. The maximum Gasteiger partial charge on any atom is 0.250 e. The lowest BCUT2D eigenvalue weighted by molar-refractivity contribution is -0.123. The van der Waals surface area contributed by atoms with Gasteiger partial charge < -0.3 is 19.5 Å². The highest BCUT2D eigenvalue weighted by Crippen LogP contribution is 2.30. The fraction of sp³-hybridized carbons (Fsp3) is 0.632. The fourth-order valence-corrected chi connectivity index (χ4v) is 5.09. The van der Waals surface area contributed by atoms with E-state index >= 15 is 0 Å². The number of rotatable bonds is 7. The highest BCUT2D eigenvalue weighted by Gasteiger charge is 2.29. The Morgan fingerprint density at radius 1 is 1.21 bits per heavy atom. The van der Waals surface area contributed by atoms with Gasteiger partial charge in [0.15, 0.2) is 0 Å². The van der Waals surface area contributed by atoms with E-state index in [0.717, 1.165) is 25.7 Å². The topological polar surface area (TPSA) is 94.2 Å². The zero-order valence-corrected chi connectivity index (χ0v) is 17.0. The lowest BCUT2D eigenvalue weighted by atomic mass is 9.98. The first-order valence-corrected chi connectivity index (χ1v) is 11.1. The van der Waals surface area contributed by atoms with Crippen LogP contribution in [0.15, 0.2) is 23.1 Å². The highest BCUT2D eigenvalue weighted by atomic mass is 32.2. The molecule has 1 saturated carbocycles. The van der Waals surface area contributed by atoms with E-state index in [0.29, 0.717) is 18.9 Å². The first kappa shape index (κ1) is 21.0. The van der Waals surface area contributed by atoms with Gasteiger partial charge in [-0.3, -0.25) is 4.79 Å². The molecule has 1 aliphatic carbocycles. The second-order valence-electron chi connectivity index (χ2n) is 7.00. The Bertz CT molecular complexity index is 771. The highest BCUT2D eigenvalue weighted by molar-refractivity contribution is 7.89. The lowest BCUT2D eigenvalue weighted by Gasteiger charge is -2.27. The summed E-state index contributed by atoms with van der Waals surface area (Å²) >= 11 is 0. The van der Waals surface area contributed by atoms with Crippen LogP contribution in [0.3, 0.4) is 0 Å². The van der Waals surface area contributed by atoms with Crippen LogP contribution in [0.4, 0.5) is 5.69 Å². The summed E-state index contributed by atoms with van der Waals surface area (Å²) in [6.45, 7) is 1.25. The standard InChI is InChI=1S/C19H28N2O6S/c1-25-17-8-7-15(20-19(22)14-27-16-5-3-2-4-6-16)13-18(17)28(23,24)21-9-11-26-12-10-21/h7-8,13,16H,2-6,9-12,14H2,1H3,(H,20,22). The summed E-state index contributed by atoms with van der Waals surface area (Å²) in [5, 5.41) is 2.72. The van der Waals surface area contributed by atoms with Gasteiger partial charge in [0.1, 0.15) is 17.3 Å². The molecule has 1 heterocycles. The van der Waals surface area contributed by atoms with Crippen LogP contribution in [-0.4, -0.2) is 64.8 Å². The first-order chi connectivity index (χ1) is 13.5. The van der Waals surface area contributed by atoms with Gasteiger partial charge >= 0.3 is 0 Å². The molecule has 8 nitrogen and oxygen atoms in total. The Hall–Kier alpha value is -1.68. The van der Waals surface area contributed by atoms with Gasteiger partial charge in [-0.25, -0.2) is 8.42 Å². The molecule has 0 radical (unpaired) electrons. The van der Waals surface area contributed by atoms with Crippen molar-refractivity contribution < 1.29 is 27.4 Å². The Morgan fingerprint density at radius 2 is 1.93 bits per heavy atom. The number of nitrogens with one attached hydrogen (secondary N) is 1. The molecule has 1 saturated heterocycles. The number of amides is 1. The van der Waals surface area contributed by atoms with Crippen molar-refractivity contribution in [2.24, 2.45) is 0 Å². The normalized spacial score (nSPS) is 19.3. The molecule has 1 amide bonds. The maximum absolute atomic E-state index is 13.0. The summed E-state index contributed by atoms with van der Waals surface area (Å²) in [6.07, 6.45) is 5.59. The molecule has 0 atom stereocenters. The van der Waals surface area contributed by atoms with Crippen LogP contribution >= 0.6 is 0 Å². The van der Waals surface area contributed by atoms with Crippen LogP contribution in [0.1, 0.15) is 32.1 Å². The Balaban J connectivity index is 1.68. The molecular weight excluding hydrogens is 384 g/mol. The van der Waals surface area contributed by atoms with Crippen LogP contribution in [0, 0.1) is 0 Å². The predicted molar refractivity (Wildman–Crippen MR) is 104 cm³/mol. The molecular formula is C19H28N2O6S. The lowest BCUT2D eigenvalue weighted by Crippen LogP contribution is -2.40. The number of carbonyl (C=O) groups excluding carboxylic acids is 1. The van der Waals surface area contributed by atoms with Crippen molar-refractivity contribution in [1.82, 2.24) is 4.31 Å². The van der Waals surface area contributed by atoms with E-state index in [1.54, 1.807) is 12.1 Å². The molecule has 1 aromatic rings. The van der Waals surface area contributed by atoms with E-state index in [-0.39, 0.29) is 42.4 Å². The van der Waals surface area contributed by atoms with Gasteiger partial charge in [-0.05, 0) is 31.0 Å². The van der Waals surface area contributed by atoms with Crippen molar-refractivity contribution >= 4 is 21.6 Å². The number of sulfonamides is 1. The molecule has 1 aromatic carbocycles. The third-order valence-electron chi connectivity index (χ3n) is 5.04. The summed E-state index contributed by atoms with van der Waals surface area (Å²) in [5.74, 6) is -0.0617. The van der Waals surface area contributed by atoms with E-state index in [1.165, 1.54) is 23.9 Å². The summed E-state index contributed by atoms with van der Waals surface area (Å²) < 4.78 is 43.5. The zero-order chi connectivity index (χ0) is 20.0. The van der Waals surface area contributed by atoms with E-state index in [2.05, 4.69) is 5.32 Å². The van der Waals surface area contributed by atoms with Crippen molar-refractivity contribution in [2.75, 3.05) is 45.3 Å². The van der Waals surface area contributed by atoms with Crippen LogP contribution in [0.2, 0.25) is 0 Å². The second kappa shape index (κ2) is 9.69. The minimum atomic E-state index is -3.75. The third-order valence-corrected chi connectivity index (χ3v) is 6.96. The maximum atomic E-state index is 13.0. The monoisotopic (exact) mass is 412 g/mol. The third kappa shape index (κ3) is 5.22. The van der Waals surface area contributed by atoms with Crippen molar-refractivity contribution in [3.8, 4) is 5.75 Å². The number of ether oxygens (including phenoxy) is 3. The van der Waals surface area contributed by atoms with Gasteiger partial charge in [0.05, 0.1) is 26.4 Å². The minimum Gasteiger partial charge on any atom is -0.495 e. The van der Waals surface area contributed by atoms with Crippen LogP contribution in [0.5, 0.6) is 5.75 Å². The second-order valence-corrected chi connectivity index (χ2v) is 8.91. The Labute approximate surface area is 166 Å². The molecule has 156 valence electrons. The molecule has 1 aliphatic heterocycles. The summed E-state index contributed by atoms with van der Waals surface area (Å²) in [4.78, 5) is 12.3. The van der Waals surface area contributed by atoms with Crippen molar-refractivity contribution in [3.63, 3.8) is 0 Å². The van der Waals surface area contributed by atoms with E-state index in [9.17, 15) is 13.2 Å². The van der Waals surface area contributed by atoms with Gasteiger partial charge in [-0.15, -0.1) is 0 Å². The summed E-state index contributed by atoms with van der Waals surface area (Å²) in [7, 11) is -2.33. The first-order valence-electron chi connectivity index (χ1n) is 9.68. The molecule has 0 spiro atoms. The van der Waals surface area contributed by atoms with Gasteiger partial charge in [-0.2, -0.15) is 4.31 Å². The van der Waals surface area contributed by atoms with Gasteiger partial charge in [0, 0.05) is 18.8 Å². The smallest absolute Gasteiger partial charge is 0.250 e. The molecule has 9 heteroatoms. The largest absolute Gasteiger partial charge is 0.495 e. The Morgan fingerprint density at radius 3 is 2.61 bits per heavy atom. The minimum absolute atomic E-state index is 0.0305. The van der Waals surface area contributed by atoms with Crippen molar-refractivity contribution in [2.45, 2.75) is 43.1 Å². The van der Waals surface area contributed by atoms with E-state index < -0.39 is 10.0 Å². The molecule has 2 aliphatic rings. The molecule has 0 bridgehead atoms. The molecule has 2 fully saturated rings. The van der Waals surface area contributed by atoms with Crippen LogP contribution in [0.25, 0.3) is 0 Å². The quantitative estimate of drug-likeness (QED) is 0.736. The van der Waals surface area contributed by atoms with Crippen LogP contribution < -0.4 is 10.1 Å². The SMILES string of the molecule is COc1ccc(NC(=O)COC2CCCCC2)cc1S(=O)(=O)N1CCOCC1. The van der Waals surface area contributed by atoms with Gasteiger partial charge in [0.25, 0.3) is 0 Å². The number of nitrogens with zero attached hydrogens (tertiary/aromatic N) is 1. The van der Waals surface area contributed by atoms with Gasteiger partial charge in [0.2, 0.25) is 15.9 Å². The number of anilines is 1. The average Bonchev–Trinajstić information content (AvgIpc) is 2.73. The molecule has 28 heavy (non-hydrogen) atoms. The molecule has 1 N–H and O–H groups in total. The zero-order valence-electron chi connectivity index (χ0n) is 16.2. The van der Waals surface area contributed by atoms with Crippen molar-refractivity contribution in [1.29, 1.82) is 0 Å². The number of benzene rings is 1. The van der Waals surface area contributed by atoms with Crippen molar-refractivity contribution in [3.05, 3.63) is 18.2 Å². The summed E-state index contributed by atoms with van der Waals surface area (Å²) in [5.41, 5.74) is 0.393. The number of carbonyl (C=O) groups is 1. The van der Waals surface area contributed by atoms with Gasteiger partial charge in [-0.1, -0.05) is 19.3 Å². The number of morpholine rings is 1. The fourth-order valence-electron chi connectivity index (χ4n) is 3.50. The molecule has 0 unspecified atom stereocenters. The summed E-state index contributed by atoms with van der Waals surface area (Å²) in [6, 6.07) is 4.60.